The summed E-state index contributed by atoms with van der Waals surface area (Å²) in [5, 5.41) is 7.57. The van der Waals surface area contributed by atoms with E-state index in [1.54, 1.807) is 10.9 Å². The molecule has 1 aromatic rings. The lowest BCUT2D eigenvalue weighted by molar-refractivity contribution is 0.0594. The lowest BCUT2D eigenvalue weighted by atomic mass is 10.3. The van der Waals surface area contributed by atoms with Gasteiger partial charge in [-0.2, -0.15) is 0 Å². The molecule has 0 aliphatic heterocycles. The fourth-order valence-electron chi connectivity index (χ4n) is 1.33. The van der Waals surface area contributed by atoms with Gasteiger partial charge in [-0.3, -0.25) is 4.68 Å². The summed E-state index contributed by atoms with van der Waals surface area (Å²) < 4.78 is 6.23. The van der Waals surface area contributed by atoms with Crippen LogP contribution in [-0.4, -0.2) is 28.1 Å². The van der Waals surface area contributed by atoms with Crippen molar-refractivity contribution in [3.63, 3.8) is 0 Å². The molecule has 1 saturated carbocycles. The van der Waals surface area contributed by atoms with Gasteiger partial charge in [-0.05, 0) is 12.3 Å². The van der Waals surface area contributed by atoms with E-state index >= 15 is 0 Å². The minimum atomic E-state index is -0.428. The second-order valence-electron chi connectivity index (χ2n) is 3.59. The van der Waals surface area contributed by atoms with Crippen molar-refractivity contribution >= 4 is 5.97 Å². The summed E-state index contributed by atoms with van der Waals surface area (Å²) >= 11 is 0. The van der Waals surface area contributed by atoms with Gasteiger partial charge in [0.05, 0.1) is 13.3 Å². The smallest absolute Gasteiger partial charge is 0.360 e. The molecule has 1 fully saturated rings. The third kappa shape index (κ3) is 2.10. The van der Waals surface area contributed by atoms with Gasteiger partial charge in [0.25, 0.3) is 0 Å². The highest BCUT2D eigenvalue weighted by molar-refractivity contribution is 5.86. The maximum absolute atomic E-state index is 11.0. The number of hydrogen-bond acceptors (Lipinski definition) is 4. The highest BCUT2D eigenvalue weighted by Gasteiger charge is 2.21. The Labute approximate surface area is 82.1 Å². The highest BCUT2D eigenvalue weighted by Crippen LogP contribution is 2.32. The molecule has 5 heteroatoms. The van der Waals surface area contributed by atoms with Gasteiger partial charge in [0.1, 0.15) is 0 Å². The third-order valence-electron chi connectivity index (χ3n) is 2.40. The van der Waals surface area contributed by atoms with Crippen molar-refractivity contribution in [3.05, 3.63) is 11.9 Å². The molecule has 14 heavy (non-hydrogen) atoms. The van der Waals surface area contributed by atoms with Crippen molar-refractivity contribution in [3.8, 4) is 0 Å². The maximum atomic E-state index is 11.0. The number of aromatic nitrogens is 3. The first-order valence-corrected chi connectivity index (χ1v) is 4.78. The van der Waals surface area contributed by atoms with Crippen LogP contribution >= 0.6 is 0 Å². The zero-order valence-electron chi connectivity index (χ0n) is 8.14. The number of aryl methyl sites for hydroxylation is 1. The molecule has 1 aliphatic carbocycles. The molecule has 0 saturated heterocycles. The molecule has 2 rings (SSSR count). The predicted molar refractivity (Wildman–Crippen MR) is 48.7 cm³/mol. The van der Waals surface area contributed by atoms with Gasteiger partial charge in [-0.25, -0.2) is 4.79 Å². The van der Waals surface area contributed by atoms with Gasteiger partial charge >= 0.3 is 5.97 Å². The van der Waals surface area contributed by atoms with Crippen molar-refractivity contribution in [2.75, 3.05) is 7.11 Å². The Bertz CT molecular complexity index is 331. The van der Waals surface area contributed by atoms with Crippen molar-refractivity contribution in [1.82, 2.24) is 15.0 Å². The molecule has 76 valence electrons. The summed E-state index contributed by atoms with van der Waals surface area (Å²) in [4.78, 5) is 11.0. The van der Waals surface area contributed by atoms with Gasteiger partial charge in [0.15, 0.2) is 5.69 Å². The van der Waals surface area contributed by atoms with Crippen molar-refractivity contribution in [2.45, 2.75) is 25.8 Å². The van der Waals surface area contributed by atoms with Gasteiger partial charge in [-0.15, -0.1) is 5.10 Å². The average molecular weight is 195 g/mol. The lowest BCUT2D eigenvalue weighted by Gasteiger charge is -1.96. The second-order valence-corrected chi connectivity index (χ2v) is 3.59. The Hall–Kier alpha value is -1.39. The SMILES string of the molecule is COC(=O)c1cn(CCC2CC2)nn1. The molecule has 0 amide bonds. The van der Waals surface area contributed by atoms with E-state index in [2.05, 4.69) is 15.0 Å². The summed E-state index contributed by atoms with van der Waals surface area (Å²) in [5.41, 5.74) is 0.281. The lowest BCUT2D eigenvalue weighted by Crippen LogP contribution is -2.01. The molecule has 0 bridgehead atoms. The molecule has 1 aromatic heterocycles. The first kappa shape index (κ1) is 9.18. The van der Waals surface area contributed by atoms with Crippen LogP contribution in [0, 0.1) is 5.92 Å². The van der Waals surface area contributed by atoms with Crippen LogP contribution in [0.4, 0.5) is 0 Å². The Morgan fingerprint density at radius 2 is 2.50 bits per heavy atom. The highest BCUT2D eigenvalue weighted by atomic mass is 16.5. The zero-order valence-corrected chi connectivity index (χ0v) is 8.14. The van der Waals surface area contributed by atoms with E-state index in [9.17, 15) is 4.79 Å². The molecule has 0 radical (unpaired) electrons. The molecular formula is C9H13N3O2. The minimum absolute atomic E-state index is 0.281. The van der Waals surface area contributed by atoms with Crippen molar-refractivity contribution in [1.29, 1.82) is 0 Å². The summed E-state index contributed by atoms with van der Waals surface area (Å²) in [6, 6.07) is 0. The molecule has 1 aliphatic rings. The average Bonchev–Trinajstić information content (AvgIpc) is 2.92. The standard InChI is InChI=1S/C9H13N3O2/c1-14-9(13)8-6-12(11-10-8)5-4-7-2-3-7/h6-7H,2-5H2,1H3. The van der Waals surface area contributed by atoms with E-state index in [1.807, 2.05) is 0 Å². The van der Waals surface area contributed by atoms with Crippen LogP contribution in [0.2, 0.25) is 0 Å². The molecular weight excluding hydrogens is 182 g/mol. The maximum Gasteiger partial charge on any atom is 0.360 e. The Kier molecular flexibility index (Phi) is 2.47. The van der Waals surface area contributed by atoms with E-state index in [-0.39, 0.29) is 5.69 Å². The number of carbonyl (C=O) groups is 1. The van der Waals surface area contributed by atoms with Crippen LogP contribution in [0.5, 0.6) is 0 Å². The van der Waals surface area contributed by atoms with Crippen LogP contribution < -0.4 is 0 Å². The Balaban J connectivity index is 1.91. The number of ether oxygens (including phenoxy) is 1. The van der Waals surface area contributed by atoms with Crippen molar-refractivity contribution in [2.24, 2.45) is 5.92 Å². The van der Waals surface area contributed by atoms with Crippen molar-refractivity contribution < 1.29 is 9.53 Å². The molecule has 5 nitrogen and oxygen atoms in total. The molecule has 0 N–H and O–H groups in total. The summed E-state index contributed by atoms with van der Waals surface area (Å²) in [5.74, 6) is 0.434. The zero-order chi connectivity index (χ0) is 9.97. The number of nitrogens with zero attached hydrogens (tertiary/aromatic N) is 3. The van der Waals surface area contributed by atoms with Crippen LogP contribution in [0.3, 0.4) is 0 Å². The van der Waals surface area contributed by atoms with E-state index in [0.29, 0.717) is 0 Å². The number of hydrogen-bond donors (Lipinski definition) is 0. The first-order valence-electron chi connectivity index (χ1n) is 4.78. The quantitative estimate of drug-likeness (QED) is 0.669. The topological polar surface area (TPSA) is 57.0 Å². The normalized spacial score (nSPS) is 15.5. The van der Waals surface area contributed by atoms with Gasteiger partial charge < -0.3 is 4.74 Å². The summed E-state index contributed by atoms with van der Waals surface area (Å²) in [7, 11) is 1.34. The van der Waals surface area contributed by atoms with Crippen LogP contribution in [0.15, 0.2) is 6.20 Å². The summed E-state index contributed by atoms with van der Waals surface area (Å²) in [6.45, 7) is 0.842. The molecule has 0 unspecified atom stereocenters. The van der Waals surface area contributed by atoms with E-state index in [4.69, 9.17) is 0 Å². The molecule has 0 spiro atoms. The largest absolute Gasteiger partial charge is 0.464 e. The van der Waals surface area contributed by atoms with Gasteiger partial charge in [-0.1, -0.05) is 18.1 Å². The van der Waals surface area contributed by atoms with Crippen LogP contribution in [0.25, 0.3) is 0 Å². The second kappa shape index (κ2) is 3.77. The first-order chi connectivity index (χ1) is 6.79. The van der Waals surface area contributed by atoms with Gasteiger partial charge in [0, 0.05) is 6.54 Å². The Morgan fingerprint density at radius 1 is 1.71 bits per heavy atom. The predicted octanol–water partition coefficient (Wildman–Crippen LogP) is 0.865. The molecule has 0 atom stereocenters. The number of esters is 1. The van der Waals surface area contributed by atoms with Gasteiger partial charge in [0.2, 0.25) is 0 Å². The van der Waals surface area contributed by atoms with E-state index in [0.717, 1.165) is 18.9 Å². The number of methoxy groups -OCH3 is 1. The minimum Gasteiger partial charge on any atom is -0.464 e. The van der Waals surface area contributed by atoms with Crippen LogP contribution in [0.1, 0.15) is 29.8 Å². The Morgan fingerprint density at radius 3 is 3.14 bits per heavy atom. The summed E-state index contributed by atoms with van der Waals surface area (Å²) in [6.07, 6.45) is 5.43. The fourth-order valence-corrected chi connectivity index (χ4v) is 1.33. The van der Waals surface area contributed by atoms with E-state index < -0.39 is 5.97 Å². The molecule has 0 aromatic carbocycles. The number of carbonyl (C=O) groups excluding carboxylic acids is 1. The molecule has 1 heterocycles. The monoisotopic (exact) mass is 195 g/mol. The fraction of sp³-hybridized carbons (Fsp3) is 0.667. The number of rotatable bonds is 4. The van der Waals surface area contributed by atoms with Crippen LogP contribution in [-0.2, 0) is 11.3 Å². The third-order valence-corrected chi connectivity index (χ3v) is 2.40. The van der Waals surface area contributed by atoms with E-state index in [1.165, 1.54) is 20.0 Å².